The summed E-state index contributed by atoms with van der Waals surface area (Å²) in [5.74, 6) is 1.55. The maximum absolute atomic E-state index is 5.48. The van der Waals surface area contributed by atoms with Gasteiger partial charge in [-0.2, -0.15) is 4.58 Å². The van der Waals surface area contributed by atoms with Crippen molar-refractivity contribution in [3.8, 4) is 0 Å². The quantitative estimate of drug-likeness (QED) is 0.575. The standard InChI is InChI=1S/C8H17N2O/c1-6(2)7-5-11-8(4-9)10(7)3/h6-7H,4-5,9H2,1-3H3/q+1/t7-/m1/s1. The van der Waals surface area contributed by atoms with Gasteiger partial charge in [0.2, 0.25) is 0 Å². The Balaban J connectivity index is 2.69. The summed E-state index contributed by atoms with van der Waals surface area (Å²) >= 11 is 0. The van der Waals surface area contributed by atoms with Crippen molar-refractivity contribution in [2.75, 3.05) is 20.2 Å². The number of nitrogens with two attached hydrogens (primary N) is 1. The summed E-state index contributed by atoms with van der Waals surface area (Å²) in [6, 6.07) is 0.508. The van der Waals surface area contributed by atoms with E-state index in [0.29, 0.717) is 18.5 Å². The molecule has 0 spiro atoms. The second-order valence-electron chi connectivity index (χ2n) is 3.33. The van der Waals surface area contributed by atoms with Crippen molar-refractivity contribution < 1.29 is 9.31 Å². The molecule has 0 fully saturated rings. The van der Waals surface area contributed by atoms with E-state index in [9.17, 15) is 0 Å². The zero-order valence-electron chi connectivity index (χ0n) is 7.50. The lowest BCUT2D eigenvalue weighted by Gasteiger charge is -2.07. The number of rotatable bonds is 2. The fourth-order valence-electron chi connectivity index (χ4n) is 1.42. The van der Waals surface area contributed by atoms with Gasteiger partial charge in [0.05, 0.1) is 0 Å². The van der Waals surface area contributed by atoms with Crippen LogP contribution in [0.4, 0.5) is 0 Å². The molecule has 1 heterocycles. The molecule has 0 amide bonds. The lowest BCUT2D eigenvalue weighted by Crippen LogP contribution is -2.29. The minimum Gasteiger partial charge on any atom is -0.440 e. The third-order valence-corrected chi connectivity index (χ3v) is 2.26. The second kappa shape index (κ2) is 3.22. The minimum atomic E-state index is 0.508. The van der Waals surface area contributed by atoms with Crippen molar-refractivity contribution >= 4 is 5.90 Å². The molecular weight excluding hydrogens is 140 g/mol. The molecule has 3 nitrogen and oxygen atoms in total. The Kier molecular flexibility index (Phi) is 2.49. The zero-order chi connectivity index (χ0) is 8.43. The van der Waals surface area contributed by atoms with Crippen LogP contribution in [0.2, 0.25) is 0 Å². The Labute approximate surface area is 67.8 Å². The zero-order valence-corrected chi connectivity index (χ0v) is 7.50. The normalized spacial score (nSPS) is 24.6. The van der Waals surface area contributed by atoms with E-state index >= 15 is 0 Å². The number of nitrogens with zero attached hydrogens (tertiary/aromatic N) is 1. The Morgan fingerprint density at radius 3 is 2.64 bits per heavy atom. The molecule has 0 saturated carbocycles. The van der Waals surface area contributed by atoms with Crippen molar-refractivity contribution in [3.05, 3.63) is 0 Å². The van der Waals surface area contributed by atoms with Crippen molar-refractivity contribution in [2.45, 2.75) is 19.9 Å². The Hall–Kier alpha value is -0.570. The summed E-state index contributed by atoms with van der Waals surface area (Å²) in [4.78, 5) is 0. The van der Waals surface area contributed by atoms with E-state index in [1.54, 1.807) is 0 Å². The lowest BCUT2D eigenvalue weighted by molar-refractivity contribution is -0.535. The molecule has 0 aliphatic carbocycles. The van der Waals surface area contributed by atoms with Gasteiger partial charge in [-0.25, -0.2) is 0 Å². The molecule has 3 heteroatoms. The van der Waals surface area contributed by atoms with Crippen molar-refractivity contribution in [1.82, 2.24) is 0 Å². The summed E-state index contributed by atoms with van der Waals surface area (Å²) in [6.07, 6.45) is 0. The van der Waals surface area contributed by atoms with Gasteiger partial charge in [-0.05, 0) is 0 Å². The summed E-state index contributed by atoms with van der Waals surface area (Å²) in [6.45, 7) is 5.70. The van der Waals surface area contributed by atoms with Gasteiger partial charge in [0.15, 0.2) is 12.6 Å². The molecule has 1 aliphatic heterocycles. The fraction of sp³-hybridized carbons (Fsp3) is 0.875. The van der Waals surface area contributed by atoms with Gasteiger partial charge in [0.1, 0.15) is 13.6 Å². The first-order valence-corrected chi connectivity index (χ1v) is 4.08. The van der Waals surface area contributed by atoms with E-state index in [-0.39, 0.29) is 0 Å². The molecule has 0 aromatic rings. The van der Waals surface area contributed by atoms with E-state index in [1.807, 2.05) is 7.05 Å². The molecule has 1 rings (SSSR count). The third kappa shape index (κ3) is 1.53. The first-order valence-electron chi connectivity index (χ1n) is 4.08. The van der Waals surface area contributed by atoms with Crippen molar-refractivity contribution in [1.29, 1.82) is 0 Å². The molecule has 0 aromatic carbocycles. The summed E-state index contributed by atoms with van der Waals surface area (Å²) in [5, 5.41) is 0. The monoisotopic (exact) mass is 157 g/mol. The average molecular weight is 157 g/mol. The molecule has 0 radical (unpaired) electrons. The van der Waals surface area contributed by atoms with Crippen LogP contribution in [0.5, 0.6) is 0 Å². The lowest BCUT2D eigenvalue weighted by atomic mass is 10.1. The predicted octanol–water partition coefficient (Wildman–Crippen LogP) is 0.0407. The van der Waals surface area contributed by atoms with Crippen LogP contribution in [0.25, 0.3) is 0 Å². The van der Waals surface area contributed by atoms with E-state index in [0.717, 1.165) is 12.5 Å². The summed E-state index contributed by atoms with van der Waals surface area (Å²) in [5.41, 5.74) is 5.48. The van der Waals surface area contributed by atoms with Gasteiger partial charge in [0.25, 0.3) is 0 Å². The van der Waals surface area contributed by atoms with Gasteiger partial charge in [-0.15, -0.1) is 0 Å². The molecule has 64 valence electrons. The number of likely N-dealkylation sites (N-methyl/N-ethyl adjacent to an activating group) is 1. The molecule has 1 atom stereocenters. The Bertz CT molecular complexity index is 175. The third-order valence-electron chi connectivity index (χ3n) is 2.26. The maximum atomic E-state index is 5.48. The summed E-state index contributed by atoms with van der Waals surface area (Å²) in [7, 11) is 2.04. The molecule has 0 unspecified atom stereocenters. The smallest absolute Gasteiger partial charge is 0.350 e. The predicted molar refractivity (Wildman–Crippen MR) is 44.8 cm³/mol. The van der Waals surface area contributed by atoms with Crippen LogP contribution in [0.3, 0.4) is 0 Å². The molecule has 11 heavy (non-hydrogen) atoms. The molecule has 1 aliphatic rings. The van der Waals surface area contributed by atoms with Crippen molar-refractivity contribution in [2.24, 2.45) is 11.7 Å². The summed E-state index contributed by atoms with van der Waals surface area (Å²) < 4.78 is 7.55. The average Bonchev–Trinajstić information content (AvgIpc) is 2.30. The van der Waals surface area contributed by atoms with Crippen LogP contribution < -0.4 is 5.73 Å². The molecule has 0 saturated heterocycles. The second-order valence-corrected chi connectivity index (χ2v) is 3.33. The topological polar surface area (TPSA) is 38.3 Å². The van der Waals surface area contributed by atoms with Crippen LogP contribution in [-0.2, 0) is 4.74 Å². The highest BCUT2D eigenvalue weighted by Gasteiger charge is 2.32. The first-order chi connectivity index (χ1) is 5.16. The van der Waals surface area contributed by atoms with Gasteiger partial charge < -0.3 is 10.5 Å². The molecule has 0 bridgehead atoms. The number of ether oxygens (including phenoxy) is 1. The van der Waals surface area contributed by atoms with Crippen LogP contribution in [0, 0.1) is 5.92 Å². The van der Waals surface area contributed by atoms with Gasteiger partial charge >= 0.3 is 5.90 Å². The maximum Gasteiger partial charge on any atom is 0.350 e. The first kappa shape index (κ1) is 8.53. The largest absolute Gasteiger partial charge is 0.440 e. The highest BCUT2D eigenvalue weighted by molar-refractivity contribution is 5.73. The number of hydrogen-bond acceptors (Lipinski definition) is 2. The van der Waals surface area contributed by atoms with Gasteiger partial charge in [-0.1, -0.05) is 13.8 Å². The fourth-order valence-corrected chi connectivity index (χ4v) is 1.42. The van der Waals surface area contributed by atoms with Crippen LogP contribution in [-0.4, -0.2) is 36.7 Å². The number of hydrogen-bond donors (Lipinski definition) is 1. The van der Waals surface area contributed by atoms with Crippen molar-refractivity contribution in [3.63, 3.8) is 0 Å². The highest BCUT2D eigenvalue weighted by atomic mass is 16.5. The van der Waals surface area contributed by atoms with E-state index in [1.165, 1.54) is 0 Å². The van der Waals surface area contributed by atoms with Crippen LogP contribution >= 0.6 is 0 Å². The van der Waals surface area contributed by atoms with Crippen LogP contribution in [0.1, 0.15) is 13.8 Å². The van der Waals surface area contributed by atoms with Gasteiger partial charge in [0, 0.05) is 5.92 Å². The molecular formula is C8H17N2O+. The van der Waals surface area contributed by atoms with E-state index in [4.69, 9.17) is 10.5 Å². The van der Waals surface area contributed by atoms with Crippen LogP contribution in [0.15, 0.2) is 0 Å². The highest BCUT2D eigenvalue weighted by Crippen LogP contribution is 2.11. The Morgan fingerprint density at radius 1 is 1.73 bits per heavy atom. The SMILES string of the molecule is CC(C)[C@H]1COC(CN)=[N+]1C. The molecule has 2 N–H and O–H groups in total. The van der Waals surface area contributed by atoms with E-state index < -0.39 is 0 Å². The van der Waals surface area contributed by atoms with Gasteiger partial charge in [-0.3, -0.25) is 0 Å². The Morgan fingerprint density at radius 2 is 2.36 bits per heavy atom. The van der Waals surface area contributed by atoms with E-state index in [2.05, 4.69) is 18.4 Å². The molecule has 0 aromatic heterocycles. The minimum absolute atomic E-state index is 0.508.